The normalized spacial score (nSPS) is 10.8. The molecule has 0 bridgehead atoms. The fourth-order valence-electron chi connectivity index (χ4n) is 3.00. The number of nitrogens with one attached hydrogen (secondary N) is 1. The van der Waals surface area contributed by atoms with Crippen LogP contribution in [-0.2, 0) is 17.9 Å². The van der Waals surface area contributed by atoms with E-state index in [4.69, 9.17) is 4.74 Å². The van der Waals surface area contributed by atoms with Crippen LogP contribution in [0, 0.1) is 27.7 Å². The van der Waals surface area contributed by atoms with Crippen molar-refractivity contribution in [3.05, 3.63) is 64.5 Å². The van der Waals surface area contributed by atoms with Gasteiger partial charge in [-0.2, -0.15) is 0 Å². The number of anilines is 1. The van der Waals surface area contributed by atoms with E-state index in [9.17, 15) is 4.79 Å². The van der Waals surface area contributed by atoms with Crippen molar-refractivity contribution in [1.82, 2.24) is 14.8 Å². The lowest BCUT2D eigenvalue weighted by Gasteiger charge is -2.11. The molecule has 30 heavy (non-hydrogen) atoms. The third-order valence-corrected chi connectivity index (χ3v) is 5.90. The molecule has 3 aromatic rings. The summed E-state index contributed by atoms with van der Waals surface area (Å²) in [6, 6.07) is 12.0. The van der Waals surface area contributed by atoms with Gasteiger partial charge >= 0.3 is 0 Å². The summed E-state index contributed by atoms with van der Waals surface area (Å²) in [6.45, 7) is 11.2. The van der Waals surface area contributed by atoms with Gasteiger partial charge in [0.05, 0.1) is 5.75 Å². The molecule has 2 aromatic carbocycles. The average molecular weight is 425 g/mol. The van der Waals surface area contributed by atoms with E-state index >= 15 is 0 Å². The summed E-state index contributed by atoms with van der Waals surface area (Å²) in [6.07, 6.45) is 0. The van der Waals surface area contributed by atoms with Crippen LogP contribution in [0.3, 0.4) is 0 Å². The van der Waals surface area contributed by atoms with Crippen molar-refractivity contribution < 1.29 is 9.53 Å². The minimum atomic E-state index is -0.0675. The number of aromatic nitrogens is 3. The Hall–Kier alpha value is -2.80. The van der Waals surface area contributed by atoms with Gasteiger partial charge in [-0.15, -0.1) is 10.2 Å². The van der Waals surface area contributed by atoms with Crippen LogP contribution >= 0.6 is 11.8 Å². The number of carbonyl (C=O) groups is 1. The number of rotatable bonds is 8. The average Bonchev–Trinajstić information content (AvgIpc) is 3.11. The SMILES string of the molecule is CCn1c(COc2cc(C)ccc2C)nnc1SCC(=O)Nc1ccc(C)c(C)c1. The van der Waals surface area contributed by atoms with E-state index in [0.29, 0.717) is 18.3 Å². The topological polar surface area (TPSA) is 69.0 Å². The van der Waals surface area contributed by atoms with Gasteiger partial charge in [0.2, 0.25) is 5.91 Å². The van der Waals surface area contributed by atoms with Crippen molar-refractivity contribution >= 4 is 23.4 Å². The highest BCUT2D eigenvalue weighted by Gasteiger charge is 2.14. The molecule has 0 saturated heterocycles. The molecular formula is C23H28N4O2S. The molecule has 0 radical (unpaired) electrons. The van der Waals surface area contributed by atoms with Gasteiger partial charge in [-0.25, -0.2) is 0 Å². The van der Waals surface area contributed by atoms with Crippen molar-refractivity contribution in [3.8, 4) is 5.75 Å². The highest BCUT2D eigenvalue weighted by atomic mass is 32.2. The summed E-state index contributed by atoms with van der Waals surface area (Å²) in [5.41, 5.74) is 5.40. The minimum Gasteiger partial charge on any atom is -0.485 e. The van der Waals surface area contributed by atoms with Crippen molar-refractivity contribution in [2.45, 2.75) is 52.9 Å². The molecule has 0 saturated carbocycles. The van der Waals surface area contributed by atoms with Gasteiger partial charge in [0.15, 0.2) is 11.0 Å². The summed E-state index contributed by atoms with van der Waals surface area (Å²) >= 11 is 1.38. The van der Waals surface area contributed by atoms with Gasteiger partial charge in [-0.3, -0.25) is 4.79 Å². The number of nitrogens with zero attached hydrogens (tertiary/aromatic N) is 3. The van der Waals surface area contributed by atoms with Gasteiger partial charge < -0.3 is 14.6 Å². The van der Waals surface area contributed by atoms with Gasteiger partial charge in [-0.1, -0.05) is 30.0 Å². The molecule has 7 heteroatoms. The first-order valence-corrected chi connectivity index (χ1v) is 11.0. The van der Waals surface area contributed by atoms with E-state index in [1.54, 1.807) is 0 Å². The van der Waals surface area contributed by atoms with E-state index < -0.39 is 0 Å². The Labute approximate surface area is 182 Å². The molecule has 1 amide bonds. The third kappa shape index (κ3) is 5.42. The Morgan fingerprint density at radius 3 is 2.53 bits per heavy atom. The van der Waals surface area contributed by atoms with Crippen LogP contribution in [0.4, 0.5) is 5.69 Å². The summed E-state index contributed by atoms with van der Waals surface area (Å²) in [5, 5.41) is 12.2. The van der Waals surface area contributed by atoms with Crippen LogP contribution in [0.2, 0.25) is 0 Å². The summed E-state index contributed by atoms with van der Waals surface area (Å²) in [4.78, 5) is 12.4. The van der Waals surface area contributed by atoms with Crippen LogP contribution in [0.15, 0.2) is 41.6 Å². The molecular weight excluding hydrogens is 396 g/mol. The molecule has 1 heterocycles. The van der Waals surface area contributed by atoms with Crippen LogP contribution in [0.5, 0.6) is 5.75 Å². The first-order valence-electron chi connectivity index (χ1n) is 9.99. The van der Waals surface area contributed by atoms with Crippen LogP contribution in [-0.4, -0.2) is 26.4 Å². The first kappa shape index (κ1) is 21.9. The molecule has 0 aliphatic carbocycles. The fourth-order valence-corrected chi connectivity index (χ4v) is 3.82. The zero-order valence-corrected chi connectivity index (χ0v) is 19.0. The molecule has 0 atom stereocenters. The van der Waals surface area contributed by atoms with Crippen molar-refractivity contribution in [2.75, 3.05) is 11.1 Å². The zero-order valence-electron chi connectivity index (χ0n) is 18.2. The smallest absolute Gasteiger partial charge is 0.234 e. The Morgan fingerprint density at radius 1 is 1.03 bits per heavy atom. The summed E-state index contributed by atoms with van der Waals surface area (Å²) < 4.78 is 7.96. The number of thioether (sulfide) groups is 1. The maximum atomic E-state index is 12.4. The lowest BCUT2D eigenvalue weighted by Crippen LogP contribution is -2.15. The number of aryl methyl sites for hydroxylation is 4. The molecule has 0 fully saturated rings. The Balaban J connectivity index is 1.60. The van der Waals surface area contributed by atoms with Gasteiger partial charge in [0.1, 0.15) is 12.4 Å². The molecule has 0 unspecified atom stereocenters. The Morgan fingerprint density at radius 2 is 1.80 bits per heavy atom. The first-order chi connectivity index (χ1) is 14.4. The number of hydrogen-bond acceptors (Lipinski definition) is 5. The second-order valence-corrected chi connectivity index (χ2v) is 8.28. The van der Waals surface area contributed by atoms with E-state index in [-0.39, 0.29) is 11.7 Å². The van der Waals surface area contributed by atoms with E-state index in [2.05, 4.69) is 28.5 Å². The monoisotopic (exact) mass is 424 g/mol. The quantitative estimate of drug-likeness (QED) is 0.524. The van der Waals surface area contributed by atoms with Crippen molar-refractivity contribution in [1.29, 1.82) is 0 Å². The Bertz CT molecular complexity index is 1050. The van der Waals surface area contributed by atoms with Crippen molar-refractivity contribution in [2.24, 2.45) is 0 Å². The van der Waals surface area contributed by atoms with Gasteiger partial charge in [0.25, 0.3) is 0 Å². The second kappa shape index (κ2) is 9.80. The third-order valence-electron chi connectivity index (χ3n) is 4.93. The van der Waals surface area contributed by atoms with E-state index in [1.807, 2.05) is 62.6 Å². The number of amides is 1. The lowest BCUT2D eigenvalue weighted by molar-refractivity contribution is -0.113. The van der Waals surface area contributed by atoms with Crippen molar-refractivity contribution in [3.63, 3.8) is 0 Å². The van der Waals surface area contributed by atoms with Gasteiger partial charge in [0, 0.05) is 12.2 Å². The van der Waals surface area contributed by atoms with E-state index in [1.165, 1.54) is 17.3 Å². The number of hydrogen-bond donors (Lipinski definition) is 1. The molecule has 0 aliphatic heterocycles. The molecule has 0 spiro atoms. The lowest BCUT2D eigenvalue weighted by atomic mass is 10.1. The predicted octanol–water partition coefficient (Wildman–Crippen LogP) is 4.84. The molecule has 1 N–H and O–H groups in total. The highest BCUT2D eigenvalue weighted by molar-refractivity contribution is 7.99. The molecule has 1 aromatic heterocycles. The van der Waals surface area contributed by atoms with E-state index in [0.717, 1.165) is 34.0 Å². The predicted molar refractivity (Wildman–Crippen MR) is 121 cm³/mol. The maximum Gasteiger partial charge on any atom is 0.234 e. The molecule has 158 valence electrons. The molecule has 3 rings (SSSR count). The largest absolute Gasteiger partial charge is 0.485 e. The Kier molecular flexibility index (Phi) is 7.15. The second-order valence-electron chi connectivity index (χ2n) is 7.34. The minimum absolute atomic E-state index is 0.0675. The fraction of sp³-hybridized carbons (Fsp3) is 0.348. The van der Waals surface area contributed by atoms with Gasteiger partial charge in [-0.05, 0) is 75.1 Å². The maximum absolute atomic E-state index is 12.4. The number of benzene rings is 2. The summed E-state index contributed by atoms with van der Waals surface area (Å²) in [5.74, 6) is 1.79. The highest BCUT2D eigenvalue weighted by Crippen LogP contribution is 2.22. The number of carbonyl (C=O) groups excluding carboxylic acids is 1. The van der Waals surface area contributed by atoms with Crippen LogP contribution in [0.25, 0.3) is 0 Å². The van der Waals surface area contributed by atoms with Crippen LogP contribution < -0.4 is 10.1 Å². The zero-order chi connectivity index (χ0) is 21.7. The van der Waals surface area contributed by atoms with Crippen LogP contribution in [0.1, 0.15) is 35.0 Å². The number of ether oxygens (including phenoxy) is 1. The standard InChI is InChI=1S/C23H28N4O2S/c1-6-27-21(13-29-20-11-15(2)7-8-17(20)4)25-26-23(27)30-14-22(28)24-19-10-9-16(3)18(5)12-19/h7-12H,6,13-14H2,1-5H3,(H,24,28). The molecule has 6 nitrogen and oxygen atoms in total. The summed E-state index contributed by atoms with van der Waals surface area (Å²) in [7, 11) is 0. The molecule has 0 aliphatic rings.